The topological polar surface area (TPSA) is 52.3 Å². The summed E-state index contributed by atoms with van der Waals surface area (Å²) < 4.78 is 24.8. The average molecular weight is 410 g/mol. The molecule has 3 aromatic rings. The van der Waals surface area contributed by atoms with Gasteiger partial charge in [-0.15, -0.1) is 11.3 Å². The van der Waals surface area contributed by atoms with Crippen LogP contribution >= 0.6 is 27.3 Å². The second-order valence-electron chi connectivity index (χ2n) is 5.02. The summed E-state index contributed by atoms with van der Waals surface area (Å²) in [4.78, 5) is 17.3. The maximum atomic E-state index is 13.1. The van der Waals surface area contributed by atoms with Gasteiger partial charge >= 0.3 is 5.97 Å². The van der Waals surface area contributed by atoms with Crippen LogP contribution in [0.4, 0.5) is 4.39 Å². The van der Waals surface area contributed by atoms with Crippen molar-refractivity contribution in [3.8, 4) is 16.5 Å². The molecule has 0 aliphatic carbocycles. The highest BCUT2D eigenvalue weighted by atomic mass is 79.9. The minimum Gasteiger partial charge on any atom is -0.438 e. The van der Waals surface area contributed by atoms with Crippen molar-refractivity contribution in [1.29, 1.82) is 0 Å². The van der Waals surface area contributed by atoms with E-state index in [-0.39, 0.29) is 11.7 Å². The van der Waals surface area contributed by atoms with Crippen molar-refractivity contribution in [3.05, 3.63) is 58.0 Å². The van der Waals surface area contributed by atoms with Gasteiger partial charge in [-0.2, -0.15) is 4.98 Å². The fourth-order valence-corrected chi connectivity index (χ4v) is 3.67. The van der Waals surface area contributed by atoms with Crippen LogP contribution < -0.4 is 4.74 Å². The quantitative estimate of drug-likeness (QED) is 0.529. The van der Waals surface area contributed by atoms with Crippen molar-refractivity contribution in [1.82, 2.24) is 4.98 Å². The number of carbonyl (C=O) groups is 1. The molecule has 1 unspecified atom stereocenters. The molecule has 0 fully saturated rings. The van der Waals surface area contributed by atoms with E-state index in [0.29, 0.717) is 17.7 Å². The van der Waals surface area contributed by atoms with E-state index in [0.717, 1.165) is 8.66 Å². The number of esters is 1. The summed E-state index contributed by atoms with van der Waals surface area (Å²) in [6.45, 7) is 1.87. The number of benzene rings is 1. The van der Waals surface area contributed by atoms with Crippen LogP contribution in [-0.4, -0.2) is 11.0 Å². The van der Waals surface area contributed by atoms with Crippen molar-refractivity contribution in [2.45, 2.75) is 19.3 Å². The summed E-state index contributed by atoms with van der Waals surface area (Å²) in [5.41, 5.74) is 0.702. The maximum absolute atomic E-state index is 13.1. The molecule has 0 spiro atoms. The van der Waals surface area contributed by atoms with Crippen LogP contribution in [0, 0.1) is 5.82 Å². The zero-order chi connectivity index (χ0) is 17.1. The molecule has 0 saturated heterocycles. The molecule has 1 aromatic carbocycles. The van der Waals surface area contributed by atoms with Gasteiger partial charge < -0.3 is 9.15 Å². The Morgan fingerprint density at radius 1 is 1.33 bits per heavy atom. The van der Waals surface area contributed by atoms with E-state index in [1.54, 1.807) is 12.1 Å². The Bertz CT molecular complexity index is 844. The molecule has 0 bridgehead atoms. The van der Waals surface area contributed by atoms with Crippen LogP contribution in [0.2, 0.25) is 0 Å². The number of thiophene rings is 1. The van der Waals surface area contributed by atoms with Crippen LogP contribution in [0.1, 0.15) is 24.8 Å². The zero-order valence-corrected chi connectivity index (χ0v) is 15.1. The second-order valence-corrected chi connectivity index (χ2v) is 7.49. The molecule has 124 valence electrons. The Balaban J connectivity index is 1.81. The first-order valence-corrected chi connectivity index (χ1v) is 8.85. The average Bonchev–Trinajstić information content (AvgIpc) is 3.18. The van der Waals surface area contributed by atoms with Gasteiger partial charge in [0.15, 0.2) is 6.39 Å². The standard InChI is InChI=1S/C17H13BrFNO3S/c1-2-12(10-3-5-11(19)6-4-10)17(21)23-16-15(22-9-20-16)13-7-8-14(18)24-13/h3-9,12H,2H2,1H3. The lowest BCUT2D eigenvalue weighted by Crippen LogP contribution is -2.18. The molecule has 2 heterocycles. The molecule has 3 rings (SSSR count). The number of rotatable bonds is 5. The Morgan fingerprint density at radius 2 is 2.08 bits per heavy atom. The lowest BCUT2D eigenvalue weighted by atomic mass is 9.97. The summed E-state index contributed by atoms with van der Waals surface area (Å²) in [7, 11) is 0. The van der Waals surface area contributed by atoms with E-state index in [1.165, 1.54) is 29.9 Å². The SMILES string of the molecule is CCC(C(=O)Oc1ncoc1-c1ccc(Br)s1)c1ccc(F)cc1. The summed E-state index contributed by atoms with van der Waals surface area (Å²) in [5.74, 6) is -0.743. The Labute approximate surface area is 150 Å². The molecule has 0 N–H and O–H groups in total. The Morgan fingerprint density at radius 3 is 2.71 bits per heavy atom. The Kier molecular flexibility index (Phi) is 5.11. The van der Waals surface area contributed by atoms with E-state index < -0.39 is 11.9 Å². The molecule has 0 aliphatic rings. The molecular weight excluding hydrogens is 397 g/mol. The third kappa shape index (κ3) is 3.57. The van der Waals surface area contributed by atoms with Crippen LogP contribution in [0.15, 0.2) is 51.0 Å². The minimum absolute atomic E-state index is 0.134. The van der Waals surface area contributed by atoms with Crippen molar-refractivity contribution in [2.24, 2.45) is 0 Å². The number of nitrogens with zero attached hydrogens (tertiary/aromatic N) is 1. The van der Waals surface area contributed by atoms with Crippen LogP contribution in [0.3, 0.4) is 0 Å². The highest BCUT2D eigenvalue weighted by molar-refractivity contribution is 9.11. The molecule has 0 saturated carbocycles. The normalized spacial score (nSPS) is 12.1. The molecule has 0 aliphatic heterocycles. The largest absolute Gasteiger partial charge is 0.438 e. The first-order valence-electron chi connectivity index (χ1n) is 7.24. The third-order valence-corrected chi connectivity index (χ3v) is 5.12. The molecule has 0 radical (unpaired) electrons. The van der Waals surface area contributed by atoms with Gasteiger partial charge in [-0.25, -0.2) is 4.39 Å². The maximum Gasteiger partial charge on any atom is 0.320 e. The van der Waals surface area contributed by atoms with Gasteiger partial charge in [-0.05, 0) is 52.2 Å². The molecule has 0 amide bonds. The van der Waals surface area contributed by atoms with Gasteiger partial charge in [0.1, 0.15) is 5.82 Å². The molecule has 2 aromatic heterocycles. The zero-order valence-electron chi connectivity index (χ0n) is 12.7. The Hall–Kier alpha value is -1.99. The van der Waals surface area contributed by atoms with E-state index in [9.17, 15) is 9.18 Å². The summed E-state index contributed by atoms with van der Waals surface area (Å²) in [6, 6.07) is 9.56. The lowest BCUT2D eigenvalue weighted by molar-refractivity contribution is -0.136. The van der Waals surface area contributed by atoms with Gasteiger partial charge in [0.25, 0.3) is 5.88 Å². The van der Waals surface area contributed by atoms with Crippen molar-refractivity contribution in [3.63, 3.8) is 0 Å². The highest BCUT2D eigenvalue weighted by Crippen LogP contribution is 2.37. The summed E-state index contributed by atoms with van der Waals surface area (Å²) in [5, 5.41) is 0. The van der Waals surface area contributed by atoms with Gasteiger partial charge in [0.2, 0.25) is 5.76 Å². The molecule has 4 nitrogen and oxygen atoms in total. The van der Waals surface area contributed by atoms with Gasteiger partial charge in [-0.3, -0.25) is 4.79 Å². The monoisotopic (exact) mass is 409 g/mol. The smallest absolute Gasteiger partial charge is 0.320 e. The number of halogens is 2. The van der Waals surface area contributed by atoms with Gasteiger partial charge in [0, 0.05) is 0 Å². The third-order valence-electron chi connectivity index (χ3n) is 3.49. The predicted molar refractivity (Wildman–Crippen MR) is 92.6 cm³/mol. The van der Waals surface area contributed by atoms with E-state index in [2.05, 4.69) is 20.9 Å². The number of aromatic nitrogens is 1. The first kappa shape index (κ1) is 16.9. The van der Waals surface area contributed by atoms with Crippen LogP contribution in [0.25, 0.3) is 10.6 Å². The van der Waals surface area contributed by atoms with Crippen LogP contribution in [0.5, 0.6) is 5.88 Å². The number of hydrogen-bond donors (Lipinski definition) is 0. The molecule has 7 heteroatoms. The van der Waals surface area contributed by atoms with Gasteiger partial charge in [0.05, 0.1) is 14.6 Å². The molecule has 24 heavy (non-hydrogen) atoms. The first-order chi connectivity index (χ1) is 11.6. The minimum atomic E-state index is -0.495. The van der Waals surface area contributed by atoms with Crippen LogP contribution in [-0.2, 0) is 4.79 Å². The lowest BCUT2D eigenvalue weighted by Gasteiger charge is -2.13. The van der Waals surface area contributed by atoms with E-state index >= 15 is 0 Å². The number of hydrogen-bond acceptors (Lipinski definition) is 5. The van der Waals surface area contributed by atoms with Crippen molar-refractivity contribution >= 4 is 33.2 Å². The summed E-state index contributed by atoms with van der Waals surface area (Å²) in [6.07, 6.45) is 1.77. The number of ether oxygens (including phenoxy) is 1. The van der Waals surface area contributed by atoms with Crippen molar-refractivity contribution in [2.75, 3.05) is 0 Å². The van der Waals surface area contributed by atoms with E-state index in [1.807, 2.05) is 19.1 Å². The predicted octanol–water partition coefficient (Wildman–Crippen LogP) is 5.40. The summed E-state index contributed by atoms with van der Waals surface area (Å²) >= 11 is 4.83. The highest BCUT2D eigenvalue weighted by Gasteiger charge is 2.24. The number of carbonyl (C=O) groups excluding carboxylic acids is 1. The van der Waals surface area contributed by atoms with Gasteiger partial charge in [-0.1, -0.05) is 19.1 Å². The number of oxazole rings is 1. The fourth-order valence-electron chi connectivity index (χ4n) is 2.31. The molecule has 1 atom stereocenters. The molecular formula is C17H13BrFNO3S. The van der Waals surface area contributed by atoms with Crippen molar-refractivity contribution < 1.29 is 18.3 Å². The second kappa shape index (κ2) is 7.27. The van der Waals surface area contributed by atoms with E-state index in [4.69, 9.17) is 9.15 Å². The fraction of sp³-hybridized carbons (Fsp3) is 0.176.